The monoisotopic (exact) mass is 391 g/mol. The summed E-state index contributed by atoms with van der Waals surface area (Å²) in [5.41, 5.74) is 0.709. The van der Waals surface area contributed by atoms with Crippen LogP contribution in [0.3, 0.4) is 0 Å². The number of pyridine rings is 1. The van der Waals surface area contributed by atoms with Gasteiger partial charge >= 0.3 is 6.09 Å². The van der Waals surface area contributed by atoms with Gasteiger partial charge < -0.3 is 19.9 Å². The molecule has 0 aliphatic carbocycles. The number of aromatic nitrogens is 3. The van der Waals surface area contributed by atoms with Crippen molar-refractivity contribution >= 4 is 17.9 Å². The Morgan fingerprint density at radius 2 is 2.18 bits per heavy atom. The van der Waals surface area contributed by atoms with Crippen molar-refractivity contribution in [3.63, 3.8) is 0 Å². The van der Waals surface area contributed by atoms with Crippen LogP contribution in [0.25, 0.3) is 0 Å². The molecule has 2 aromatic rings. The molecule has 1 aliphatic rings. The Hall–Kier alpha value is -3.01. The lowest BCUT2D eigenvalue weighted by Crippen LogP contribution is -2.42. The van der Waals surface area contributed by atoms with E-state index in [1.165, 1.54) is 6.92 Å². The van der Waals surface area contributed by atoms with Crippen LogP contribution in [-0.2, 0) is 4.74 Å². The highest BCUT2D eigenvalue weighted by atomic mass is 19.1. The summed E-state index contributed by atoms with van der Waals surface area (Å²) in [6.45, 7) is 5.73. The average Bonchev–Trinajstić information content (AvgIpc) is 3.06. The zero-order chi connectivity index (χ0) is 20.3. The highest BCUT2D eigenvalue weighted by Crippen LogP contribution is 2.27. The predicted octanol–water partition coefficient (Wildman–Crippen LogP) is 2.29. The van der Waals surface area contributed by atoms with E-state index in [0.717, 1.165) is 11.1 Å². The molecule has 9 nitrogen and oxygen atoms in total. The van der Waals surface area contributed by atoms with E-state index < -0.39 is 24.1 Å². The number of halogens is 1. The first-order valence-corrected chi connectivity index (χ1v) is 8.92. The Labute approximate surface area is 161 Å². The minimum Gasteiger partial charge on any atom is -0.492 e. The van der Waals surface area contributed by atoms with Crippen molar-refractivity contribution < 1.29 is 23.8 Å². The second-order valence-corrected chi connectivity index (χ2v) is 6.34. The molecular formula is C18H22FN5O4. The number of carbonyl (C=O) groups excluding carboxylic acids is 1. The first kappa shape index (κ1) is 19.7. The van der Waals surface area contributed by atoms with E-state index in [2.05, 4.69) is 20.3 Å². The number of anilines is 2. The first-order valence-electron chi connectivity index (χ1n) is 8.92. The first-order chi connectivity index (χ1) is 13.4. The van der Waals surface area contributed by atoms with E-state index in [9.17, 15) is 14.3 Å². The summed E-state index contributed by atoms with van der Waals surface area (Å²) in [6, 6.07) is 2.59. The van der Waals surface area contributed by atoms with Crippen LogP contribution in [0.5, 0.6) is 5.75 Å². The van der Waals surface area contributed by atoms with Gasteiger partial charge in [0.2, 0.25) is 5.95 Å². The fourth-order valence-corrected chi connectivity index (χ4v) is 2.80. The van der Waals surface area contributed by atoms with Crippen molar-refractivity contribution in [1.29, 1.82) is 0 Å². The smallest absolute Gasteiger partial charge is 0.416 e. The van der Waals surface area contributed by atoms with Gasteiger partial charge in [0, 0.05) is 0 Å². The Morgan fingerprint density at radius 1 is 1.39 bits per heavy atom. The topological polar surface area (TPSA) is 110 Å². The van der Waals surface area contributed by atoms with Gasteiger partial charge in [-0.25, -0.2) is 19.1 Å². The van der Waals surface area contributed by atoms with Crippen LogP contribution in [0, 0.1) is 5.82 Å². The number of aliphatic hydroxyl groups is 1. The summed E-state index contributed by atoms with van der Waals surface area (Å²) in [6.07, 6.45) is 0.898. The summed E-state index contributed by atoms with van der Waals surface area (Å²) in [5, 5.41) is 12.9. The maximum Gasteiger partial charge on any atom is 0.416 e. The molecule has 1 aliphatic heterocycles. The van der Waals surface area contributed by atoms with Gasteiger partial charge in [0.25, 0.3) is 0 Å². The van der Waals surface area contributed by atoms with E-state index in [1.54, 1.807) is 18.3 Å². The van der Waals surface area contributed by atoms with Crippen molar-refractivity contribution in [1.82, 2.24) is 15.0 Å². The van der Waals surface area contributed by atoms with Gasteiger partial charge in [-0.05, 0) is 32.9 Å². The maximum atomic E-state index is 14.3. The average molecular weight is 391 g/mol. The second kappa shape index (κ2) is 8.34. The lowest BCUT2D eigenvalue weighted by atomic mass is 10.2. The molecule has 10 heteroatoms. The van der Waals surface area contributed by atoms with Crippen molar-refractivity contribution in [2.75, 3.05) is 23.4 Å². The molecule has 3 rings (SSSR count). The van der Waals surface area contributed by atoms with Crippen LogP contribution < -0.4 is 15.0 Å². The van der Waals surface area contributed by atoms with Gasteiger partial charge in [-0.3, -0.25) is 4.98 Å². The van der Waals surface area contributed by atoms with Crippen LogP contribution in [0.1, 0.15) is 32.5 Å². The van der Waals surface area contributed by atoms with E-state index in [1.807, 2.05) is 13.8 Å². The van der Waals surface area contributed by atoms with Gasteiger partial charge in [0.15, 0.2) is 11.6 Å². The quantitative estimate of drug-likeness (QED) is 0.740. The van der Waals surface area contributed by atoms with Gasteiger partial charge in [0.1, 0.15) is 18.4 Å². The third-order valence-corrected chi connectivity index (χ3v) is 4.28. The summed E-state index contributed by atoms with van der Waals surface area (Å²) in [4.78, 5) is 25.4. The molecule has 0 unspecified atom stereocenters. The molecule has 0 radical (unpaired) electrons. The third kappa shape index (κ3) is 4.11. The molecule has 2 aromatic heterocycles. The molecule has 150 valence electrons. The Kier molecular flexibility index (Phi) is 5.88. The van der Waals surface area contributed by atoms with E-state index in [4.69, 9.17) is 9.47 Å². The molecule has 0 bridgehead atoms. The van der Waals surface area contributed by atoms with Gasteiger partial charge in [-0.1, -0.05) is 0 Å². The van der Waals surface area contributed by atoms with E-state index >= 15 is 0 Å². The number of cyclic esters (lactones) is 1. The second-order valence-electron chi connectivity index (χ2n) is 6.34. The van der Waals surface area contributed by atoms with Crippen LogP contribution in [-0.4, -0.2) is 51.5 Å². The number of rotatable bonds is 7. The number of carbonyl (C=O) groups is 1. The minimum atomic E-state index is -0.913. The Morgan fingerprint density at radius 3 is 2.82 bits per heavy atom. The lowest BCUT2D eigenvalue weighted by Gasteiger charge is -2.23. The molecule has 2 N–H and O–H groups in total. The van der Waals surface area contributed by atoms with Gasteiger partial charge in [0.05, 0.1) is 36.8 Å². The maximum absolute atomic E-state index is 14.3. The number of amides is 1. The zero-order valence-corrected chi connectivity index (χ0v) is 15.8. The van der Waals surface area contributed by atoms with Crippen LogP contribution >= 0.6 is 0 Å². The molecule has 0 spiro atoms. The zero-order valence-electron chi connectivity index (χ0n) is 15.8. The van der Waals surface area contributed by atoms with E-state index in [-0.39, 0.29) is 24.4 Å². The lowest BCUT2D eigenvalue weighted by molar-refractivity contribution is 0.142. The molecular weight excluding hydrogens is 369 g/mol. The number of nitrogens with zero attached hydrogens (tertiary/aromatic N) is 4. The van der Waals surface area contributed by atoms with Gasteiger partial charge in [-0.15, -0.1) is 0 Å². The number of aliphatic hydroxyl groups excluding tert-OH is 1. The highest BCUT2D eigenvalue weighted by Gasteiger charge is 2.39. The molecule has 3 atom stereocenters. The van der Waals surface area contributed by atoms with Crippen molar-refractivity contribution in [2.24, 2.45) is 0 Å². The summed E-state index contributed by atoms with van der Waals surface area (Å²) in [7, 11) is 0. The predicted molar refractivity (Wildman–Crippen MR) is 98.7 cm³/mol. The Balaban J connectivity index is 1.80. The van der Waals surface area contributed by atoms with Gasteiger partial charge in [-0.2, -0.15) is 4.98 Å². The van der Waals surface area contributed by atoms with Crippen LogP contribution in [0.15, 0.2) is 24.5 Å². The molecule has 1 fully saturated rings. The molecule has 28 heavy (non-hydrogen) atoms. The van der Waals surface area contributed by atoms with E-state index in [0.29, 0.717) is 18.1 Å². The number of hydrogen-bond donors (Lipinski definition) is 2. The highest BCUT2D eigenvalue weighted by molar-refractivity contribution is 5.89. The van der Waals surface area contributed by atoms with Crippen molar-refractivity contribution in [2.45, 2.75) is 39.0 Å². The SMILES string of the molecule is CCOc1ccc([C@H](C)Nc2ncc(F)c(N3C(=O)OC[C@@H]3[C@@H](C)O)n2)nc1. The largest absolute Gasteiger partial charge is 0.492 e. The molecule has 1 saturated heterocycles. The molecule has 3 heterocycles. The molecule has 1 amide bonds. The fourth-order valence-electron chi connectivity index (χ4n) is 2.80. The molecule has 0 aromatic carbocycles. The number of ether oxygens (including phenoxy) is 2. The summed E-state index contributed by atoms with van der Waals surface area (Å²) in [5.74, 6) is -0.265. The minimum absolute atomic E-state index is 0.0464. The van der Waals surface area contributed by atoms with Crippen molar-refractivity contribution in [3.05, 3.63) is 36.0 Å². The Bertz CT molecular complexity index is 833. The molecule has 0 saturated carbocycles. The summed E-state index contributed by atoms with van der Waals surface area (Å²) < 4.78 is 24.6. The normalized spacial score (nSPS) is 18.5. The van der Waals surface area contributed by atoms with Crippen molar-refractivity contribution in [3.8, 4) is 5.75 Å². The number of nitrogens with one attached hydrogen (secondary N) is 1. The standard InChI is InChI=1S/C18H22FN5O4/c1-4-27-12-5-6-14(20-7-12)10(2)22-17-21-8-13(19)16(23-17)24-15(11(3)25)9-28-18(24)26/h5-8,10-11,15,25H,4,9H2,1-3H3,(H,21,22,23)/t10-,11+,15+/m0/s1. The fraction of sp³-hybridized carbons (Fsp3) is 0.444. The van der Waals surface area contributed by atoms with Crippen LogP contribution in [0.2, 0.25) is 0 Å². The summed E-state index contributed by atoms with van der Waals surface area (Å²) >= 11 is 0. The third-order valence-electron chi connectivity index (χ3n) is 4.28. The number of hydrogen-bond acceptors (Lipinski definition) is 8. The van der Waals surface area contributed by atoms with Crippen LogP contribution in [0.4, 0.5) is 21.0 Å².